The third-order valence-electron chi connectivity index (χ3n) is 8.07. The highest BCUT2D eigenvalue weighted by atomic mass is 19.1. The fourth-order valence-corrected chi connectivity index (χ4v) is 6.05. The lowest BCUT2D eigenvalue weighted by Crippen LogP contribution is -2.42. The number of carbonyl (C=O) groups excluding carboxylic acids is 1. The van der Waals surface area contributed by atoms with Gasteiger partial charge in [0, 0.05) is 48.9 Å². The van der Waals surface area contributed by atoms with Crippen LogP contribution in [0.4, 0.5) is 14.6 Å². The molecule has 1 atom stereocenters. The van der Waals surface area contributed by atoms with Crippen LogP contribution in [-0.4, -0.2) is 64.4 Å². The van der Waals surface area contributed by atoms with Gasteiger partial charge in [0.15, 0.2) is 5.82 Å². The molecule has 3 aliphatic heterocycles. The number of benzene rings is 2. The van der Waals surface area contributed by atoms with Crippen molar-refractivity contribution in [2.24, 2.45) is 0 Å². The molecule has 0 aliphatic carbocycles. The maximum absolute atomic E-state index is 14.3. The zero-order valence-corrected chi connectivity index (χ0v) is 21.6. The van der Waals surface area contributed by atoms with Crippen LogP contribution in [-0.2, 0) is 13.0 Å². The van der Waals surface area contributed by atoms with Crippen molar-refractivity contribution in [2.75, 3.05) is 37.6 Å². The summed E-state index contributed by atoms with van der Waals surface area (Å²) in [5.41, 5.74) is 3.42. The van der Waals surface area contributed by atoms with Gasteiger partial charge in [-0.2, -0.15) is 0 Å². The number of hydrogen-bond donors (Lipinski definition) is 0. The highest BCUT2D eigenvalue weighted by molar-refractivity contribution is 5.95. The average molecular weight is 518 g/mol. The smallest absolute Gasteiger partial charge is 0.254 e. The Morgan fingerprint density at radius 2 is 1.76 bits per heavy atom. The van der Waals surface area contributed by atoms with Gasteiger partial charge in [-0.3, -0.25) is 9.78 Å². The number of fused-ring (bicyclic) bond motifs is 1. The van der Waals surface area contributed by atoms with Crippen molar-refractivity contribution < 1.29 is 13.6 Å². The average Bonchev–Trinajstić information content (AvgIpc) is 3.63. The summed E-state index contributed by atoms with van der Waals surface area (Å²) in [4.78, 5) is 29.4. The van der Waals surface area contributed by atoms with Gasteiger partial charge in [-0.15, -0.1) is 0 Å². The summed E-state index contributed by atoms with van der Waals surface area (Å²) in [6, 6.07) is 11.4. The van der Waals surface area contributed by atoms with Crippen LogP contribution >= 0.6 is 0 Å². The van der Waals surface area contributed by atoms with Crippen molar-refractivity contribution in [1.29, 1.82) is 0 Å². The van der Waals surface area contributed by atoms with Crippen LogP contribution < -0.4 is 4.90 Å². The number of aryl methyl sites for hydroxylation is 1. The molecule has 1 aromatic heterocycles. The van der Waals surface area contributed by atoms with Gasteiger partial charge in [0.05, 0.1) is 17.6 Å². The molecule has 6 rings (SSSR count). The van der Waals surface area contributed by atoms with E-state index in [2.05, 4.69) is 14.8 Å². The monoisotopic (exact) mass is 517 g/mol. The van der Waals surface area contributed by atoms with Crippen LogP contribution in [0.15, 0.2) is 48.7 Å². The SMILES string of the molecule is O=C(c1ccc(-c2cnc3c(n2)N(Cc2cc(F)ccc2F)CCC3)cc1)N1CCC[C@H]1CN1CCCC1. The Labute approximate surface area is 222 Å². The summed E-state index contributed by atoms with van der Waals surface area (Å²) in [5.74, 6) is -0.0783. The van der Waals surface area contributed by atoms with Crippen molar-refractivity contribution in [1.82, 2.24) is 19.8 Å². The molecule has 38 heavy (non-hydrogen) atoms. The molecule has 2 fully saturated rings. The predicted molar refractivity (Wildman–Crippen MR) is 143 cm³/mol. The fraction of sp³-hybridized carbons (Fsp3) is 0.433. The van der Waals surface area contributed by atoms with Crippen molar-refractivity contribution in [3.63, 3.8) is 0 Å². The van der Waals surface area contributed by atoms with E-state index in [0.29, 0.717) is 35.2 Å². The molecule has 0 bridgehead atoms. The first-order chi connectivity index (χ1) is 18.5. The van der Waals surface area contributed by atoms with E-state index < -0.39 is 11.6 Å². The molecule has 8 heteroatoms. The maximum atomic E-state index is 14.3. The summed E-state index contributed by atoms with van der Waals surface area (Å²) in [5, 5.41) is 0. The number of anilines is 1. The Hall–Kier alpha value is -3.39. The zero-order valence-electron chi connectivity index (χ0n) is 21.6. The normalized spacial score (nSPS) is 19.7. The van der Waals surface area contributed by atoms with Crippen molar-refractivity contribution in [3.8, 4) is 11.3 Å². The van der Waals surface area contributed by atoms with Gasteiger partial charge in [0.2, 0.25) is 0 Å². The Balaban J connectivity index is 1.19. The molecular weight excluding hydrogens is 484 g/mol. The van der Waals surface area contributed by atoms with Crippen LogP contribution in [0, 0.1) is 11.6 Å². The second-order valence-corrected chi connectivity index (χ2v) is 10.7. The van der Waals surface area contributed by atoms with Gasteiger partial charge in [-0.25, -0.2) is 13.8 Å². The first-order valence-corrected chi connectivity index (χ1v) is 13.7. The summed E-state index contributed by atoms with van der Waals surface area (Å²) in [7, 11) is 0. The molecule has 3 aliphatic rings. The molecule has 6 nitrogen and oxygen atoms in total. The highest BCUT2D eigenvalue weighted by Gasteiger charge is 2.31. The van der Waals surface area contributed by atoms with Crippen molar-refractivity contribution >= 4 is 11.7 Å². The van der Waals surface area contributed by atoms with Crippen molar-refractivity contribution in [2.45, 2.75) is 51.1 Å². The van der Waals surface area contributed by atoms with Crippen molar-refractivity contribution in [3.05, 3.63) is 77.1 Å². The van der Waals surface area contributed by atoms with Crippen LogP contribution in [0.25, 0.3) is 11.3 Å². The quantitative estimate of drug-likeness (QED) is 0.457. The third kappa shape index (κ3) is 5.14. The molecule has 0 saturated carbocycles. The van der Waals surface area contributed by atoms with E-state index in [-0.39, 0.29) is 12.5 Å². The van der Waals surface area contributed by atoms with E-state index in [1.807, 2.05) is 29.2 Å². The number of likely N-dealkylation sites (tertiary alicyclic amines) is 2. The summed E-state index contributed by atoms with van der Waals surface area (Å²) < 4.78 is 28.1. The van der Waals surface area contributed by atoms with E-state index in [1.54, 1.807) is 6.20 Å². The van der Waals surface area contributed by atoms with Crippen LogP contribution in [0.5, 0.6) is 0 Å². The Morgan fingerprint density at radius 1 is 0.947 bits per heavy atom. The largest absolute Gasteiger partial charge is 0.351 e. The van der Waals surface area contributed by atoms with E-state index in [9.17, 15) is 13.6 Å². The van der Waals surface area contributed by atoms with E-state index in [4.69, 9.17) is 4.98 Å². The number of aromatic nitrogens is 2. The van der Waals surface area contributed by atoms with E-state index >= 15 is 0 Å². The molecule has 1 amide bonds. The second-order valence-electron chi connectivity index (χ2n) is 10.7. The molecule has 0 radical (unpaired) electrons. The summed E-state index contributed by atoms with van der Waals surface area (Å²) in [6.45, 7) is 5.01. The van der Waals surface area contributed by atoms with Gasteiger partial charge in [0.25, 0.3) is 5.91 Å². The molecule has 4 heterocycles. The summed E-state index contributed by atoms with van der Waals surface area (Å²) in [6.07, 6.45) is 8.08. The molecule has 0 unspecified atom stereocenters. The second kappa shape index (κ2) is 10.8. The molecule has 3 aromatic rings. The van der Waals surface area contributed by atoms with Crippen LogP contribution in [0.2, 0.25) is 0 Å². The minimum absolute atomic E-state index is 0.0954. The topological polar surface area (TPSA) is 52.6 Å². The first-order valence-electron chi connectivity index (χ1n) is 13.7. The lowest BCUT2D eigenvalue weighted by molar-refractivity contribution is 0.0709. The maximum Gasteiger partial charge on any atom is 0.254 e. The third-order valence-corrected chi connectivity index (χ3v) is 8.07. The lowest BCUT2D eigenvalue weighted by atomic mass is 10.1. The number of halogens is 2. The minimum atomic E-state index is -0.454. The predicted octanol–water partition coefficient (Wildman–Crippen LogP) is 5.08. The van der Waals surface area contributed by atoms with Gasteiger partial charge in [0.1, 0.15) is 11.6 Å². The van der Waals surface area contributed by atoms with Gasteiger partial charge < -0.3 is 14.7 Å². The minimum Gasteiger partial charge on any atom is -0.351 e. The van der Waals surface area contributed by atoms with E-state index in [0.717, 1.165) is 75.3 Å². The number of hydrogen-bond acceptors (Lipinski definition) is 5. The molecular formula is C30H33F2N5O. The molecule has 0 N–H and O–H groups in total. The Morgan fingerprint density at radius 3 is 2.58 bits per heavy atom. The highest BCUT2D eigenvalue weighted by Crippen LogP contribution is 2.29. The number of rotatable bonds is 6. The zero-order chi connectivity index (χ0) is 26.1. The number of amides is 1. The molecule has 2 aromatic carbocycles. The van der Waals surface area contributed by atoms with E-state index in [1.165, 1.54) is 18.9 Å². The fourth-order valence-electron chi connectivity index (χ4n) is 6.05. The van der Waals surface area contributed by atoms with Gasteiger partial charge >= 0.3 is 0 Å². The Kier molecular flexibility index (Phi) is 7.06. The van der Waals surface area contributed by atoms with Crippen LogP contribution in [0.1, 0.15) is 53.7 Å². The molecule has 198 valence electrons. The van der Waals surface area contributed by atoms with Gasteiger partial charge in [-0.1, -0.05) is 12.1 Å². The van der Waals surface area contributed by atoms with Crippen LogP contribution in [0.3, 0.4) is 0 Å². The standard InChI is InChI=1S/C30H33F2N5O/c31-24-11-12-26(32)23(17-24)19-36-15-4-6-27-29(36)34-28(18-33-27)21-7-9-22(10-8-21)30(38)37-16-3-5-25(37)20-35-13-1-2-14-35/h7-12,17-18,25H,1-6,13-16,19-20H2/t25-/m0/s1. The van der Waals surface area contributed by atoms with Gasteiger partial charge in [-0.05, 0) is 81.9 Å². The number of carbonyl (C=O) groups is 1. The number of nitrogens with zero attached hydrogens (tertiary/aromatic N) is 5. The first kappa shape index (κ1) is 24.9. The Bertz CT molecular complexity index is 1310. The molecule has 2 saturated heterocycles. The lowest BCUT2D eigenvalue weighted by Gasteiger charge is -2.30. The summed E-state index contributed by atoms with van der Waals surface area (Å²) >= 11 is 0. The molecule has 0 spiro atoms.